The second kappa shape index (κ2) is 7.07. The van der Waals surface area contributed by atoms with Crippen molar-refractivity contribution in [3.05, 3.63) is 24.0 Å². The molecule has 22 heavy (non-hydrogen) atoms. The molecule has 1 unspecified atom stereocenters. The van der Waals surface area contributed by atoms with Gasteiger partial charge in [-0.3, -0.25) is 4.79 Å². The summed E-state index contributed by atoms with van der Waals surface area (Å²) in [5.41, 5.74) is 0.517. The van der Waals surface area contributed by atoms with Gasteiger partial charge in [0.15, 0.2) is 0 Å². The summed E-state index contributed by atoms with van der Waals surface area (Å²) in [6.07, 6.45) is 2.63. The van der Waals surface area contributed by atoms with E-state index in [9.17, 15) is 9.18 Å². The van der Waals surface area contributed by atoms with Crippen molar-refractivity contribution >= 4 is 11.6 Å². The predicted octanol–water partition coefficient (Wildman–Crippen LogP) is 1.93. The fourth-order valence-corrected chi connectivity index (χ4v) is 2.39. The van der Waals surface area contributed by atoms with Crippen molar-refractivity contribution in [1.82, 2.24) is 5.32 Å². The first kappa shape index (κ1) is 15.2. The zero-order chi connectivity index (χ0) is 15.4. The van der Waals surface area contributed by atoms with Gasteiger partial charge in [0, 0.05) is 25.1 Å². The van der Waals surface area contributed by atoms with Crippen molar-refractivity contribution < 1.29 is 18.7 Å². The van der Waals surface area contributed by atoms with E-state index in [1.165, 1.54) is 12.1 Å². The fourth-order valence-electron chi connectivity index (χ4n) is 2.39. The number of hydrogen-bond donors (Lipinski definition) is 2. The monoisotopic (exact) mass is 308 g/mol. The molecule has 1 heterocycles. The third-order valence-corrected chi connectivity index (χ3v) is 3.82. The van der Waals surface area contributed by atoms with E-state index in [4.69, 9.17) is 9.47 Å². The lowest BCUT2D eigenvalue weighted by Gasteiger charge is -2.23. The summed E-state index contributed by atoms with van der Waals surface area (Å²) in [7, 11) is 0. The summed E-state index contributed by atoms with van der Waals surface area (Å²) < 4.78 is 24.3. The fraction of sp³-hybridized carbons (Fsp3) is 0.562. The molecule has 6 heteroatoms. The van der Waals surface area contributed by atoms with Crippen molar-refractivity contribution in [3.8, 4) is 5.75 Å². The Morgan fingerprint density at radius 3 is 3.05 bits per heavy atom. The van der Waals surface area contributed by atoms with Crippen LogP contribution in [0, 0.1) is 11.7 Å². The summed E-state index contributed by atoms with van der Waals surface area (Å²) in [5, 5.41) is 6.03. The van der Waals surface area contributed by atoms with E-state index < -0.39 is 0 Å². The molecule has 2 N–H and O–H groups in total. The number of carbonyl (C=O) groups is 1. The zero-order valence-electron chi connectivity index (χ0n) is 12.4. The molecule has 1 saturated heterocycles. The maximum atomic E-state index is 13.4. The number of hydrogen-bond acceptors (Lipinski definition) is 4. The molecule has 1 aromatic carbocycles. The first-order chi connectivity index (χ1) is 10.7. The van der Waals surface area contributed by atoms with Crippen LogP contribution >= 0.6 is 0 Å². The second-order valence-corrected chi connectivity index (χ2v) is 5.87. The lowest BCUT2D eigenvalue weighted by atomic mass is 10.2. The maximum absolute atomic E-state index is 13.4. The Kier molecular flexibility index (Phi) is 4.90. The number of nitrogens with one attached hydrogen (secondary N) is 2. The van der Waals surface area contributed by atoms with Crippen molar-refractivity contribution in [1.29, 1.82) is 0 Å². The highest BCUT2D eigenvalue weighted by Gasteiger charge is 2.23. The SMILES string of the molecule is O=C(CC1COCCN1)Nc1ccc(F)cc1OCC1CC1. The molecule has 1 aromatic rings. The summed E-state index contributed by atoms with van der Waals surface area (Å²) in [4.78, 5) is 12.1. The summed E-state index contributed by atoms with van der Waals surface area (Å²) in [6.45, 7) is 2.53. The van der Waals surface area contributed by atoms with Crippen LogP contribution in [0.2, 0.25) is 0 Å². The maximum Gasteiger partial charge on any atom is 0.226 e. The van der Waals surface area contributed by atoms with Crippen molar-refractivity contribution in [2.24, 2.45) is 5.92 Å². The smallest absolute Gasteiger partial charge is 0.226 e. The molecule has 0 bridgehead atoms. The van der Waals surface area contributed by atoms with Crippen LogP contribution < -0.4 is 15.4 Å². The molecule has 2 fully saturated rings. The van der Waals surface area contributed by atoms with Crippen LogP contribution in [0.15, 0.2) is 18.2 Å². The van der Waals surface area contributed by atoms with Gasteiger partial charge in [0.25, 0.3) is 0 Å². The Balaban J connectivity index is 1.58. The number of morpholine rings is 1. The normalized spacial score (nSPS) is 21.4. The molecule has 1 saturated carbocycles. The molecule has 1 aliphatic carbocycles. The molecule has 120 valence electrons. The first-order valence-electron chi connectivity index (χ1n) is 7.74. The van der Waals surface area contributed by atoms with Crippen LogP contribution in [0.1, 0.15) is 19.3 Å². The van der Waals surface area contributed by atoms with Gasteiger partial charge < -0.3 is 20.1 Å². The molecular weight excluding hydrogens is 287 g/mol. The molecule has 1 atom stereocenters. The molecule has 2 aliphatic rings. The number of halogens is 1. The highest BCUT2D eigenvalue weighted by molar-refractivity contribution is 5.92. The number of carbonyl (C=O) groups excluding carboxylic acids is 1. The number of rotatable bonds is 6. The number of anilines is 1. The highest BCUT2D eigenvalue weighted by atomic mass is 19.1. The van der Waals surface area contributed by atoms with Gasteiger partial charge in [-0.05, 0) is 30.9 Å². The minimum absolute atomic E-state index is 0.0185. The average Bonchev–Trinajstić information content (AvgIpc) is 3.33. The third-order valence-electron chi connectivity index (χ3n) is 3.82. The van der Waals surface area contributed by atoms with E-state index >= 15 is 0 Å². The van der Waals surface area contributed by atoms with E-state index in [-0.39, 0.29) is 17.8 Å². The van der Waals surface area contributed by atoms with Crippen LogP contribution in [0.4, 0.5) is 10.1 Å². The van der Waals surface area contributed by atoms with Crippen LogP contribution in [-0.2, 0) is 9.53 Å². The zero-order valence-corrected chi connectivity index (χ0v) is 12.4. The number of amides is 1. The molecular formula is C16H21FN2O3. The van der Waals surface area contributed by atoms with Crippen molar-refractivity contribution in [3.63, 3.8) is 0 Å². The van der Waals surface area contributed by atoms with Gasteiger partial charge in [-0.2, -0.15) is 0 Å². The molecule has 1 amide bonds. The van der Waals surface area contributed by atoms with E-state index in [0.717, 1.165) is 19.4 Å². The van der Waals surface area contributed by atoms with E-state index in [0.29, 0.717) is 43.6 Å². The Hall–Kier alpha value is -1.66. The van der Waals surface area contributed by atoms with Crippen LogP contribution in [0.5, 0.6) is 5.75 Å². The quantitative estimate of drug-likeness (QED) is 0.843. The van der Waals surface area contributed by atoms with Gasteiger partial charge in [0.05, 0.1) is 25.5 Å². The first-order valence-corrected chi connectivity index (χ1v) is 7.74. The van der Waals surface area contributed by atoms with E-state index in [1.54, 1.807) is 6.07 Å². The molecule has 1 aliphatic heterocycles. The topological polar surface area (TPSA) is 59.6 Å². The molecule has 3 rings (SSSR count). The average molecular weight is 308 g/mol. The van der Waals surface area contributed by atoms with E-state index in [2.05, 4.69) is 10.6 Å². The minimum Gasteiger partial charge on any atom is -0.491 e. The highest BCUT2D eigenvalue weighted by Crippen LogP contribution is 2.32. The summed E-state index contributed by atoms with van der Waals surface area (Å²) >= 11 is 0. The van der Waals surface area contributed by atoms with Gasteiger partial charge in [-0.15, -0.1) is 0 Å². The van der Waals surface area contributed by atoms with Gasteiger partial charge in [-0.1, -0.05) is 0 Å². The predicted molar refractivity (Wildman–Crippen MR) is 80.5 cm³/mol. The molecule has 0 aromatic heterocycles. The van der Waals surface area contributed by atoms with E-state index in [1.807, 2.05) is 0 Å². The lowest BCUT2D eigenvalue weighted by Crippen LogP contribution is -2.43. The van der Waals surface area contributed by atoms with Gasteiger partial charge in [-0.25, -0.2) is 4.39 Å². The van der Waals surface area contributed by atoms with Crippen LogP contribution in [-0.4, -0.2) is 38.3 Å². The lowest BCUT2D eigenvalue weighted by molar-refractivity contribution is -0.117. The Bertz CT molecular complexity index is 528. The van der Waals surface area contributed by atoms with Crippen LogP contribution in [0.3, 0.4) is 0 Å². The summed E-state index contributed by atoms with van der Waals surface area (Å²) in [5.74, 6) is 0.459. The standard InChI is InChI=1S/C16H21FN2O3/c17-12-3-4-14(15(7-12)22-9-11-1-2-11)19-16(20)8-13-10-21-6-5-18-13/h3-4,7,11,13,18H,1-2,5-6,8-10H2,(H,19,20). The van der Waals surface area contributed by atoms with Crippen LogP contribution in [0.25, 0.3) is 0 Å². The number of ether oxygens (including phenoxy) is 2. The van der Waals surface area contributed by atoms with Crippen molar-refractivity contribution in [2.75, 3.05) is 31.7 Å². The minimum atomic E-state index is -0.369. The van der Waals surface area contributed by atoms with Gasteiger partial charge in [0.1, 0.15) is 11.6 Å². The second-order valence-electron chi connectivity index (χ2n) is 5.87. The van der Waals surface area contributed by atoms with Gasteiger partial charge >= 0.3 is 0 Å². The Morgan fingerprint density at radius 2 is 2.32 bits per heavy atom. The molecule has 0 radical (unpaired) electrons. The van der Waals surface area contributed by atoms with Crippen molar-refractivity contribution in [2.45, 2.75) is 25.3 Å². The molecule has 0 spiro atoms. The third kappa shape index (κ3) is 4.42. The summed E-state index contributed by atoms with van der Waals surface area (Å²) in [6, 6.07) is 4.20. The largest absolute Gasteiger partial charge is 0.491 e. The Morgan fingerprint density at radius 1 is 1.45 bits per heavy atom. The van der Waals surface area contributed by atoms with Gasteiger partial charge in [0.2, 0.25) is 5.91 Å². The Labute approximate surface area is 129 Å². The number of benzene rings is 1. The molecule has 5 nitrogen and oxygen atoms in total.